The Kier molecular flexibility index (Phi) is 2.56. The molecule has 1 fully saturated rings. The third-order valence-electron chi connectivity index (χ3n) is 3.49. The molecule has 2 heteroatoms. The molecule has 16 heavy (non-hydrogen) atoms. The predicted molar refractivity (Wildman–Crippen MR) is 68.3 cm³/mol. The van der Waals surface area contributed by atoms with Gasteiger partial charge in [0, 0.05) is 36.6 Å². The van der Waals surface area contributed by atoms with E-state index in [-0.39, 0.29) is 0 Å². The number of fused-ring (bicyclic) bond motifs is 1. The minimum Gasteiger partial charge on any atom is -0.381 e. The fraction of sp³-hybridized carbons (Fsp3) is 0.429. The van der Waals surface area contributed by atoms with Crippen LogP contribution < -0.4 is 5.32 Å². The van der Waals surface area contributed by atoms with Crippen molar-refractivity contribution in [3.63, 3.8) is 0 Å². The monoisotopic (exact) mass is 214 g/mol. The number of rotatable bonds is 1. The molecule has 0 spiro atoms. The van der Waals surface area contributed by atoms with E-state index in [9.17, 15) is 0 Å². The second kappa shape index (κ2) is 4.20. The lowest BCUT2D eigenvalue weighted by Gasteiger charge is -2.34. The zero-order valence-corrected chi connectivity index (χ0v) is 9.58. The molecule has 0 aliphatic carbocycles. The average molecular weight is 214 g/mol. The number of nitrogens with zero attached hydrogens (tertiary/aromatic N) is 1. The molecule has 1 aromatic carbocycles. The third kappa shape index (κ3) is 1.69. The highest BCUT2D eigenvalue weighted by Gasteiger charge is 2.18. The van der Waals surface area contributed by atoms with Crippen LogP contribution >= 0.6 is 0 Å². The van der Waals surface area contributed by atoms with Crippen molar-refractivity contribution in [3.8, 4) is 0 Å². The number of piperidine rings is 1. The topological polar surface area (TPSA) is 15.3 Å². The maximum absolute atomic E-state index is 3.43. The smallest absolute Gasteiger partial charge is 0.0437 e. The first kappa shape index (κ1) is 9.76. The van der Waals surface area contributed by atoms with Crippen LogP contribution in [-0.2, 0) is 0 Å². The maximum atomic E-state index is 3.43. The van der Waals surface area contributed by atoms with E-state index in [1.165, 1.54) is 49.3 Å². The lowest BCUT2D eigenvalue weighted by atomic mass is 10.0. The highest BCUT2D eigenvalue weighted by atomic mass is 15.1. The molecule has 2 heterocycles. The molecule has 1 aromatic rings. The van der Waals surface area contributed by atoms with E-state index in [1.807, 2.05) is 0 Å². The van der Waals surface area contributed by atoms with Crippen molar-refractivity contribution >= 4 is 11.4 Å². The summed E-state index contributed by atoms with van der Waals surface area (Å²) in [6, 6.07) is 8.63. The Morgan fingerprint density at radius 1 is 1.00 bits per heavy atom. The zero-order valence-electron chi connectivity index (χ0n) is 9.58. The number of para-hydroxylation sites is 1. The average Bonchev–Trinajstić information content (AvgIpc) is 2.39. The number of nitrogens with one attached hydrogen (secondary N) is 1. The maximum Gasteiger partial charge on any atom is 0.0437 e. The molecule has 84 valence electrons. The van der Waals surface area contributed by atoms with Crippen molar-refractivity contribution in [2.75, 3.05) is 25.0 Å². The summed E-state index contributed by atoms with van der Waals surface area (Å²) < 4.78 is 0. The van der Waals surface area contributed by atoms with Gasteiger partial charge in [0.05, 0.1) is 0 Å². The molecule has 0 unspecified atom stereocenters. The Hall–Kier alpha value is -1.44. The lowest BCUT2D eigenvalue weighted by molar-refractivity contribution is 0.325. The molecule has 2 aliphatic heterocycles. The molecule has 3 rings (SSSR count). The van der Waals surface area contributed by atoms with E-state index >= 15 is 0 Å². The summed E-state index contributed by atoms with van der Waals surface area (Å²) in [5.74, 6) is 0. The van der Waals surface area contributed by atoms with Crippen LogP contribution in [0.3, 0.4) is 0 Å². The lowest BCUT2D eigenvalue weighted by Crippen LogP contribution is -2.30. The van der Waals surface area contributed by atoms with E-state index < -0.39 is 0 Å². The molecule has 0 radical (unpaired) electrons. The Labute approximate surface area is 97.0 Å². The van der Waals surface area contributed by atoms with Crippen LogP contribution in [0.2, 0.25) is 0 Å². The van der Waals surface area contributed by atoms with Crippen molar-refractivity contribution < 1.29 is 0 Å². The van der Waals surface area contributed by atoms with Crippen molar-refractivity contribution in [1.29, 1.82) is 0 Å². The van der Waals surface area contributed by atoms with Crippen LogP contribution in [0.4, 0.5) is 5.69 Å². The standard InChI is InChI=1S/C14H18N2/c1-4-10-16(11-5-1)14-8-9-15-13-7-3-2-6-12(13)14/h2-3,6-8,15H,1,4-5,9-11H2. The zero-order chi connectivity index (χ0) is 10.8. The van der Waals surface area contributed by atoms with Crippen LogP contribution in [0.5, 0.6) is 0 Å². The van der Waals surface area contributed by atoms with Gasteiger partial charge in [0.1, 0.15) is 0 Å². The quantitative estimate of drug-likeness (QED) is 0.773. The van der Waals surface area contributed by atoms with Crippen LogP contribution in [0.15, 0.2) is 30.3 Å². The van der Waals surface area contributed by atoms with Gasteiger partial charge in [-0.3, -0.25) is 0 Å². The van der Waals surface area contributed by atoms with Crippen molar-refractivity contribution in [3.05, 3.63) is 35.9 Å². The summed E-state index contributed by atoms with van der Waals surface area (Å²) in [7, 11) is 0. The summed E-state index contributed by atoms with van der Waals surface area (Å²) in [6.45, 7) is 3.41. The fourth-order valence-electron chi connectivity index (χ4n) is 2.66. The minimum atomic E-state index is 0.961. The van der Waals surface area contributed by atoms with Crippen LogP contribution in [0, 0.1) is 0 Å². The highest BCUT2D eigenvalue weighted by Crippen LogP contribution is 2.31. The second-order valence-electron chi connectivity index (χ2n) is 4.56. The van der Waals surface area contributed by atoms with Gasteiger partial charge in [-0.05, 0) is 31.4 Å². The molecule has 0 atom stereocenters. The molecule has 1 N–H and O–H groups in total. The number of benzene rings is 1. The summed E-state index contributed by atoms with van der Waals surface area (Å²) in [6.07, 6.45) is 6.40. The van der Waals surface area contributed by atoms with E-state index in [0.29, 0.717) is 0 Å². The van der Waals surface area contributed by atoms with Gasteiger partial charge in [-0.15, -0.1) is 0 Å². The second-order valence-corrected chi connectivity index (χ2v) is 4.56. The van der Waals surface area contributed by atoms with Gasteiger partial charge in [-0.25, -0.2) is 0 Å². The van der Waals surface area contributed by atoms with Crippen molar-refractivity contribution in [1.82, 2.24) is 4.90 Å². The Morgan fingerprint density at radius 2 is 1.81 bits per heavy atom. The first-order chi connectivity index (χ1) is 7.95. The minimum absolute atomic E-state index is 0.961. The van der Waals surface area contributed by atoms with Gasteiger partial charge in [-0.2, -0.15) is 0 Å². The normalized spacial score (nSPS) is 19.8. The molecule has 1 saturated heterocycles. The first-order valence-electron chi connectivity index (χ1n) is 6.23. The summed E-state index contributed by atoms with van der Waals surface area (Å²) in [5.41, 5.74) is 4.09. The predicted octanol–water partition coefficient (Wildman–Crippen LogP) is 2.94. The van der Waals surface area contributed by atoms with E-state index in [4.69, 9.17) is 0 Å². The largest absolute Gasteiger partial charge is 0.381 e. The van der Waals surface area contributed by atoms with Gasteiger partial charge in [0.25, 0.3) is 0 Å². The van der Waals surface area contributed by atoms with Crippen molar-refractivity contribution in [2.24, 2.45) is 0 Å². The first-order valence-corrected chi connectivity index (χ1v) is 6.23. The van der Waals surface area contributed by atoms with E-state index in [1.54, 1.807) is 0 Å². The van der Waals surface area contributed by atoms with Crippen LogP contribution in [-0.4, -0.2) is 24.5 Å². The number of likely N-dealkylation sites (tertiary alicyclic amines) is 1. The van der Waals surface area contributed by atoms with Crippen LogP contribution in [0.1, 0.15) is 24.8 Å². The highest BCUT2D eigenvalue weighted by molar-refractivity contribution is 5.78. The summed E-state index contributed by atoms with van der Waals surface area (Å²) >= 11 is 0. The Bertz CT molecular complexity index is 403. The number of hydrogen-bond acceptors (Lipinski definition) is 2. The molecule has 0 aromatic heterocycles. The van der Waals surface area contributed by atoms with Crippen LogP contribution in [0.25, 0.3) is 5.70 Å². The van der Waals surface area contributed by atoms with Gasteiger partial charge in [0.2, 0.25) is 0 Å². The summed E-state index contributed by atoms with van der Waals surface area (Å²) in [4.78, 5) is 2.54. The van der Waals surface area contributed by atoms with E-state index in [2.05, 4.69) is 40.6 Å². The van der Waals surface area contributed by atoms with Gasteiger partial charge in [0.15, 0.2) is 0 Å². The molecular formula is C14H18N2. The van der Waals surface area contributed by atoms with Crippen molar-refractivity contribution in [2.45, 2.75) is 19.3 Å². The summed E-state index contributed by atoms with van der Waals surface area (Å²) in [5, 5.41) is 3.43. The van der Waals surface area contributed by atoms with Gasteiger partial charge in [-0.1, -0.05) is 18.2 Å². The molecule has 0 amide bonds. The molecular weight excluding hydrogens is 196 g/mol. The molecule has 0 saturated carbocycles. The Balaban J connectivity index is 1.92. The fourth-order valence-corrected chi connectivity index (χ4v) is 2.66. The molecule has 2 nitrogen and oxygen atoms in total. The molecule has 2 aliphatic rings. The molecule has 0 bridgehead atoms. The Morgan fingerprint density at radius 3 is 2.69 bits per heavy atom. The number of hydrogen-bond donors (Lipinski definition) is 1. The number of anilines is 1. The van der Waals surface area contributed by atoms with E-state index in [0.717, 1.165) is 6.54 Å². The SMILES string of the molecule is C1=C(N2CCCCC2)c2ccccc2NC1. The van der Waals surface area contributed by atoms with Gasteiger partial charge >= 0.3 is 0 Å². The third-order valence-corrected chi connectivity index (χ3v) is 3.49. The van der Waals surface area contributed by atoms with Gasteiger partial charge < -0.3 is 10.2 Å².